The van der Waals surface area contributed by atoms with Crippen molar-refractivity contribution in [2.45, 2.75) is 20.3 Å². The molecule has 0 atom stereocenters. The molecule has 4 N–H and O–H groups in total. The molecule has 34 heavy (non-hydrogen) atoms. The van der Waals surface area contributed by atoms with Gasteiger partial charge in [0.1, 0.15) is 5.75 Å². The number of nitrogens with one attached hydrogen (secondary N) is 4. The number of hydrogen-bond donors (Lipinski definition) is 4. The first-order valence-corrected chi connectivity index (χ1v) is 11.3. The maximum atomic E-state index is 5.50. The third-order valence-corrected chi connectivity index (χ3v) is 5.31. The van der Waals surface area contributed by atoms with Gasteiger partial charge in [0.25, 0.3) is 0 Å². The number of aliphatic imine (C=N–C) groups is 1. The van der Waals surface area contributed by atoms with Crippen molar-refractivity contribution < 1.29 is 4.74 Å². The summed E-state index contributed by atoms with van der Waals surface area (Å²) < 4.78 is 5.37. The fraction of sp³-hybridized carbons (Fsp3) is 0.200. The first-order valence-electron chi connectivity index (χ1n) is 10.9. The Morgan fingerprint density at radius 3 is 2.53 bits per heavy atom. The van der Waals surface area contributed by atoms with Gasteiger partial charge in [0.05, 0.1) is 7.11 Å². The molecule has 2 heterocycles. The van der Waals surface area contributed by atoms with Crippen molar-refractivity contribution in [2.24, 2.45) is 4.99 Å². The van der Waals surface area contributed by atoms with Crippen molar-refractivity contribution in [3.8, 4) is 5.75 Å². The number of anilines is 2. The van der Waals surface area contributed by atoms with Crippen LogP contribution in [0.2, 0.25) is 0 Å². The standard InChI is InChI=1S/C25H27N7OS/c1-16-13-17(2)29-24(28-16)31-23(32-25(34)30-19-7-5-4-6-8-19)26-12-11-18-15-27-22-10-9-20(33-3)14-21(18)22/h4-10,13-15,27H,11-12H2,1-3H3,(H3,26,28,29,30,31,32,34). The topological polar surface area (TPSA) is 99.2 Å². The summed E-state index contributed by atoms with van der Waals surface area (Å²) in [6.07, 6.45) is 2.74. The molecule has 0 fully saturated rings. The number of ether oxygens (including phenoxy) is 1. The molecule has 0 bridgehead atoms. The zero-order valence-corrected chi connectivity index (χ0v) is 20.2. The summed E-state index contributed by atoms with van der Waals surface area (Å²) in [4.78, 5) is 16.9. The Labute approximate surface area is 203 Å². The lowest BCUT2D eigenvalue weighted by atomic mass is 10.1. The Bertz CT molecular complexity index is 1300. The van der Waals surface area contributed by atoms with E-state index in [0.717, 1.165) is 45.7 Å². The highest BCUT2D eigenvalue weighted by Gasteiger charge is 2.09. The minimum Gasteiger partial charge on any atom is -0.497 e. The number of H-pyrrole nitrogens is 1. The van der Waals surface area contributed by atoms with E-state index in [1.807, 2.05) is 74.6 Å². The second-order valence-electron chi connectivity index (χ2n) is 7.75. The molecule has 9 heteroatoms. The van der Waals surface area contributed by atoms with Crippen molar-refractivity contribution >= 4 is 45.8 Å². The summed E-state index contributed by atoms with van der Waals surface area (Å²) in [5, 5.41) is 11.0. The lowest BCUT2D eigenvalue weighted by Gasteiger charge is -2.14. The van der Waals surface area contributed by atoms with Gasteiger partial charge < -0.3 is 20.4 Å². The van der Waals surface area contributed by atoms with Crippen LogP contribution in [-0.2, 0) is 6.42 Å². The highest BCUT2D eigenvalue weighted by Crippen LogP contribution is 2.24. The Hall–Kier alpha value is -3.98. The smallest absolute Gasteiger partial charge is 0.229 e. The van der Waals surface area contributed by atoms with E-state index < -0.39 is 0 Å². The third-order valence-electron chi connectivity index (χ3n) is 5.10. The number of para-hydroxylation sites is 1. The summed E-state index contributed by atoms with van der Waals surface area (Å²) in [7, 11) is 1.67. The van der Waals surface area contributed by atoms with Crippen LogP contribution < -0.4 is 20.7 Å². The second kappa shape index (κ2) is 10.8. The number of aryl methyl sites for hydroxylation is 2. The first kappa shape index (κ1) is 23.2. The van der Waals surface area contributed by atoms with E-state index >= 15 is 0 Å². The molecular weight excluding hydrogens is 446 g/mol. The monoisotopic (exact) mass is 473 g/mol. The summed E-state index contributed by atoms with van der Waals surface area (Å²) in [6.45, 7) is 4.38. The number of guanidine groups is 1. The number of aromatic amines is 1. The Kier molecular flexibility index (Phi) is 7.34. The fourth-order valence-electron chi connectivity index (χ4n) is 3.57. The van der Waals surface area contributed by atoms with E-state index in [-0.39, 0.29) is 0 Å². The highest BCUT2D eigenvalue weighted by molar-refractivity contribution is 7.80. The number of thiocarbonyl (C=S) groups is 1. The minimum atomic E-state index is 0.415. The summed E-state index contributed by atoms with van der Waals surface area (Å²) >= 11 is 5.50. The minimum absolute atomic E-state index is 0.415. The van der Waals surface area contributed by atoms with Gasteiger partial charge in [-0.1, -0.05) is 18.2 Å². The van der Waals surface area contributed by atoms with Crippen molar-refractivity contribution in [3.05, 3.63) is 77.7 Å². The van der Waals surface area contributed by atoms with Crippen molar-refractivity contribution in [3.63, 3.8) is 0 Å². The number of benzene rings is 2. The zero-order chi connectivity index (χ0) is 23.9. The molecule has 0 saturated carbocycles. The Morgan fingerprint density at radius 1 is 1.03 bits per heavy atom. The normalized spacial score (nSPS) is 11.3. The number of fused-ring (bicyclic) bond motifs is 1. The molecule has 0 saturated heterocycles. The molecule has 4 aromatic rings. The lowest BCUT2D eigenvalue weighted by Crippen LogP contribution is -2.39. The van der Waals surface area contributed by atoms with E-state index in [0.29, 0.717) is 23.6 Å². The van der Waals surface area contributed by atoms with Gasteiger partial charge in [0.15, 0.2) is 5.11 Å². The largest absolute Gasteiger partial charge is 0.497 e. The summed E-state index contributed by atoms with van der Waals surface area (Å²) in [5.41, 5.74) is 4.84. The molecule has 0 amide bonds. The Morgan fingerprint density at radius 2 is 1.79 bits per heavy atom. The number of aromatic nitrogens is 3. The Balaban J connectivity index is 1.51. The van der Waals surface area contributed by atoms with E-state index in [1.54, 1.807) is 7.11 Å². The number of hydrogen-bond acceptors (Lipinski definition) is 5. The van der Waals surface area contributed by atoms with Gasteiger partial charge >= 0.3 is 0 Å². The SMILES string of the molecule is COc1ccc2[nH]cc(CCN=C(NC(=S)Nc3ccccc3)Nc3nc(C)cc(C)n3)c2c1. The highest BCUT2D eigenvalue weighted by atomic mass is 32.1. The number of methoxy groups -OCH3 is 1. The van der Waals surface area contributed by atoms with Crippen LogP contribution in [0.3, 0.4) is 0 Å². The van der Waals surface area contributed by atoms with Gasteiger partial charge in [-0.25, -0.2) is 9.97 Å². The van der Waals surface area contributed by atoms with Gasteiger partial charge in [0, 0.05) is 40.7 Å². The van der Waals surface area contributed by atoms with Gasteiger partial charge in [-0.05, 0) is 74.4 Å². The van der Waals surface area contributed by atoms with Crippen LogP contribution in [-0.4, -0.2) is 39.7 Å². The molecule has 0 aliphatic heterocycles. The molecule has 0 aliphatic carbocycles. The van der Waals surface area contributed by atoms with E-state index in [1.165, 1.54) is 0 Å². The molecule has 8 nitrogen and oxygen atoms in total. The molecular formula is C25H27N7OS. The van der Waals surface area contributed by atoms with Gasteiger partial charge in [-0.15, -0.1) is 0 Å². The van der Waals surface area contributed by atoms with Crippen LogP contribution in [0, 0.1) is 13.8 Å². The predicted molar refractivity (Wildman–Crippen MR) is 142 cm³/mol. The number of nitrogens with zero attached hydrogens (tertiary/aromatic N) is 3. The predicted octanol–water partition coefficient (Wildman–Crippen LogP) is 4.58. The zero-order valence-electron chi connectivity index (χ0n) is 19.3. The van der Waals surface area contributed by atoms with Crippen molar-refractivity contribution in [1.82, 2.24) is 20.3 Å². The van der Waals surface area contributed by atoms with E-state index in [9.17, 15) is 0 Å². The quantitative estimate of drug-likeness (QED) is 0.185. The van der Waals surface area contributed by atoms with Crippen molar-refractivity contribution in [1.29, 1.82) is 0 Å². The van der Waals surface area contributed by atoms with Crippen LogP contribution in [0.1, 0.15) is 17.0 Å². The molecule has 174 valence electrons. The maximum Gasteiger partial charge on any atom is 0.229 e. The van der Waals surface area contributed by atoms with Crippen LogP contribution in [0.25, 0.3) is 10.9 Å². The second-order valence-corrected chi connectivity index (χ2v) is 8.16. The number of rotatable bonds is 6. The molecule has 0 spiro atoms. The molecule has 2 aromatic heterocycles. The van der Waals surface area contributed by atoms with Gasteiger partial charge in [0.2, 0.25) is 11.9 Å². The molecule has 0 unspecified atom stereocenters. The maximum absolute atomic E-state index is 5.50. The van der Waals surface area contributed by atoms with Crippen molar-refractivity contribution in [2.75, 3.05) is 24.3 Å². The summed E-state index contributed by atoms with van der Waals surface area (Å²) in [6, 6.07) is 17.6. The van der Waals surface area contributed by atoms with Crippen LogP contribution in [0.15, 0.2) is 65.8 Å². The third kappa shape index (κ3) is 6.08. The molecule has 0 aliphatic rings. The average molecular weight is 474 g/mol. The fourth-order valence-corrected chi connectivity index (χ4v) is 3.78. The summed E-state index contributed by atoms with van der Waals surface area (Å²) in [5.74, 6) is 1.75. The lowest BCUT2D eigenvalue weighted by molar-refractivity contribution is 0.415. The average Bonchev–Trinajstić information content (AvgIpc) is 3.21. The molecule has 4 rings (SSSR count). The van der Waals surface area contributed by atoms with Crippen LogP contribution >= 0.6 is 12.2 Å². The molecule has 0 radical (unpaired) electrons. The first-order chi connectivity index (χ1) is 16.5. The van der Waals surface area contributed by atoms with E-state index in [4.69, 9.17) is 21.9 Å². The van der Waals surface area contributed by atoms with Gasteiger partial charge in [-0.2, -0.15) is 0 Å². The van der Waals surface area contributed by atoms with Crippen LogP contribution in [0.5, 0.6) is 5.75 Å². The van der Waals surface area contributed by atoms with Crippen LogP contribution in [0.4, 0.5) is 11.6 Å². The van der Waals surface area contributed by atoms with Gasteiger partial charge in [-0.3, -0.25) is 10.3 Å². The van der Waals surface area contributed by atoms with E-state index in [2.05, 4.69) is 30.9 Å². The molecule has 2 aromatic carbocycles.